The highest BCUT2D eigenvalue weighted by atomic mass is 16.4. The van der Waals surface area contributed by atoms with Gasteiger partial charge >= 0.3 is 5.63 Å². The maximum Gasteiger partial charge on any atom is 0.347 e. The molecule has 0 atom stereocenters. The average molecular weight is 357 g/mol. The second-order valence-electron chi connectivity index (χ2n) is 5.95. The van der Waals surface area contributed by atoms with Crippen molar-refractivity contribution in [3.05, 3.63) is 94.3 Å². The zero-order valence-electron chi connectivity index (χ0n) is 14.2. The molecule has 0 aliphatic heterocycles. The zero-order valence-corrected chi connectivity index (χ0v) is 14.2. The summed E-state index contributed by atoms with van der Waals surface area (Å²) in [5.74, 6) is -0.544. The Morgan fingerprint density at radius 1 is 0.926 bits per heavy atom. The van der Waals surface area contributed by atoms with Crippen molar-refractivity contribution in [3.8, 4) is 0 Å². The van der Waals surface area contributed by atoms with Crippen LogP contribution in [-0.4, -0.2) is 11.7 Å². The van der Waals surface area contributed by atoms with Gasteiger partial charge in [-0.15, -0.1) is 0 Å². The van der Waals surface area contributed by atoms with Crippen molar-refractivity contribution in [2.24, 2.45) is 10.8 Å². The lowest BCUT2D eigenvalue weighted by Crippen LogP contribution is -2.27. The molecule has 0 spiro atoms. The molecule has 6 heteroatoms. The van der Waals surface area contributed by atoms with Gasteiger partial charge in [0.25, 0.3) is 5.91 Å². The summed E-state index contributed by atoms with van der Waals surface area (Å²) in [5.41, 5.74) is 8.66. The number of rotatable bonds is 3. The second-order valence-corrected chi connectivity index (χ2v) is 5.95. The Bertz CT molecular complexity index is 1240. The molecule has 0 fully saturated rings. The molecule has 0 radical (unpaired) electrons. The normalized spacial score (nSPS) is 11.6. The summed E-state index contributed by atoms with van der Waals surface area (Å²) in [4.78, 5) is 24.4. The average Bonchev–Trinajstić information content (AvgIpc) is 2.71. The fourth-order valence-corrected chi connectivity index (χ4v) is 2.88. The van der Waals surface area contributed by atoms with E-state index in [1.54, 1.807) is 42.5 Å². The maximum absolute atomic E-state index is 12.3. The zero-order chi connectivity index (χ0) is 18.8. The number of nitrogens with one attached hydrogen (secondary N) is 1. The number of nitrogens with two attached hydrogens (primary N) is 1. The van der Waals surface area contributed by atoms with Crippen LogP contribution in [0.25, 0.3) is 21.7 Å². The van der Waals surface area contributed by atoms with E-state index in [0.29, 0.717) is 11.1 Å². The Morgan fingerprint density at radius 3 is 2.48 bits per heavy atom. The van der Waals surface area contributed by atoms with E-state index in [4.69, 9.17) is 10.2 Å². The molecule has 0 saturated carbocycles. The predicted octanol–water partition coefficient (Wildman–Crippen LogP) is 3.00. The molecule has 132 valence electrons. The molecule has 0 aliphatic rings. The number of fused-ring (bicyclic) bond motifs is 3. The Labute approximate surface area is 153 Å². The van der Waals surface area contributed by atoms with Gasteiger partial charge in [0.1, 0.15) is 11.1 Å². The summed E-state index contributed by atoms with van der Waals surface area (Å²) in [5, 5.41) is 6.54. The standard InChI is InChI=1S/C21H15N3O3/c22-19(23-24-20(25)14-7-2-1-3-8-14)17-12-16-15-9-5-4-6-13(15)10-11-18(16)27-21(17)26/h1-12H,(H2,22,23)(H,24,25). The second kappa shape index (κ2) is 6.76. The largest absolute Gasteiger partial charge is 0.422 e. The fraction of sp³-hybridized carbons (Fsp3) is 0. The van der Waals surface area contributed by atoms with Crippen LogP contribution in [0.5, 0.6) is 0 Å². The first-order chi connectivity index (χ1) is 13.1. The molecule has 0 aliphatic carbocycles. The van der Waals surface area contributed by atoms with Gasteiger partial charge in [0.15, 0.2) is 5.84 Å². The van der Waals surface area contributed by atoms with Crippen LogP contribution < -0.4 is 16.8 Å². The van der Waals surface area contributed by atoms with E-state index in [2.05, 4.69) is 10.5 Å². The molecule has 1 amide bonds. The van der Waals surface area contributed by atoms with E-state index in [1.165, 1.54) is 0 Å². The Kier molecular flexibility index (Phi) is 4.14. The molecular formula is C21H15N3O3. The number of hydrogen-bond acceptors (Lipinski definition) is 4. The summed E-state index contributed by atoms with van der Waals surface area (Å²) in [6, 6.07) is 21.6. The minimum Gasteiger partial charge on any atom is -0.422 e. The van der Waals surface area contributed by atoms with Gasteiger partial charge in [-0.3, -0.25) is 4.79 Å². The van der Waals surface area contributed by atoms with E-state index in [0.717, 1.165) is 16.2 Å². The molecule has 3 aromatic carbocycles. The van der Waals surface area contributed by atoms with E-state index in [1.807, 2.05) is 30.3 Å². The van der Waals surface area contributed by atoms with Gasteiger partial charge in [0.05, 0.1) is 0 Å². The number of benzene rings is 3. The highest BCUT2D eigenvalue weighted by Gasteiger charge is 2.12. The van der Waals surface area contributed by atoms with Crippen molar-refractivity contribution in [2.75, 3.05) is 0 Å². The molecule has 4 aromatic rings. The van der Waals surface area contributed by atoms with Crippen molar-refractivity contribution in [3.63, 3.8) is 0 Å². The molecule has 0 bridgehead atoms. The first kappa shape index (κ1) is 16.5. The Balaban J connectivity index is 1.74. The quantitative estimate of drug-likeness (QED) is 0.194. The van der Waals surface area contributed by atoms with Crippen LogP contribution in [0.1, 0.15) is 15.9 Å². The van der Waals surface area contributed by atoms with Gasteiger partial charge in [-0.05, 0) is 35.0 Å². The van der Waals surface area contributed by atoms with E-state index in [9.17, 15) is 9.59 Å². The van der Waals surface area contributed by atoms with Crippen LogP contribution in [-0.2, 0) is 0 Å². The molecule has 1 heterocycles. The third-order valence-electron chi connectivity index (χ3n) is 4.23. The molecule has 3 N–H and O–H groups in total. The van der Waals surface area contributed by atoms with Gasteiger partial charge in [-0.25, -0.2) is 10.2 Å². The molecule has 27 heavy (non-hydrogen) atoms. The highest BCUT2D eigenvalue weighted by Crippen LogP contribution is 2.24. The van der Waals surface area contributed by atoms with Crippen molar-refractivity contribution in [1.82, 2.24) is 5.43 Å². The number of carbonyl (C=O) groups is 1. The monoisotopic (exact) mass is 357 g/mol. The molecule has 4 rings (SSSR count). The number of carbonyl (C=O) groups excluding carboxylic acids is 1. The molecular weight excluding hydrogens is 342 g/mol. The smallest absolute Gasteiger partial charge is 0.347 e. The van der Waals surface area contributed by atoms with Crippen molar-refractivity contribution >= 4 is 33.5 Å². The maximum atomic E-state index is 12.3. The van der Waals surface area contributed by atoms with Gasteiger partial charge in [0.2, 0.25) is 0 Å². The fourth-order valence-electron chi connectivity index (χ4n) is 2.88. The number of nitrogens with zero attached hydrogens (tertiary/aromatic N) is 1. The third kappa shape index (κ3) is 3.16. The first-order valence-electron chi connectivity index (χ1n) is 8.28. The summed E-state index contributed by atoms with van der Waals surface area (Å²) in [7, 11) is 0. The summed E-state index contributed by atoms with van der Waals surface area (Å²) >= 11 is 0. The van der Waals surface area contributed by atoms with Gasteiger partial charge in [-0.2, -0.15) is 5.10 Å². The Morgan fingerprint density at radius 2 is 1.67 bits per heavy atom. The summed E-state index contributed by atoms with van der Waals surface area (Å²) < 4.78 is 5.38. The summed E-state index contributed by atoms with van der Waals surface area (Å²) in [6.45, 7) is 0. The van der Waals surface area contributed by atoms with Gasteiger partial charge in [-0.1, -0.05) is 48.5 Å². The number of amides is 1. The lowest BCUT2D eigenvalue weighted by atomic mass is 10.0. The lowest BCUT2D eigenvalue weighted by molar-refractivity contribution is 0.0955. The SMILES string of the molecule is N/C(=N\NC(=O)c1ccccc1)c1cc2c(ccc3ccccc32)oc1=O. The van der Waals surface area contributed by atoms with Crippen LogP contribution in [0.15, 0.2) is 87.1 Å². The topological polar surface area (TPSA) is 97.7 Å². The minimum absolute atomic E-state index is 0.0900. The van der Waals surface area contributed by atoms with Crippen molar-refractivity contribution < 1.29 is 9.21 Å². The highest BCUT2D eigenvalue weighted by molar-refractivity contribution is 6.08. The summed E-state index contributed by atoms with van der Waals surface area (Å²) in [6.07, 6.45) is 0. The van der Waals surface area contributed by atoms with Crippen LogP contribution in [0.4, 0.5) is 0 Å². The molecule has 6 nitrogen and oxygen atoms in total. The third-order valence-corrected chi connectivity index (χ3v) is 4.23. The molecule has 0 unspecified atom stereocenters. The van der Waals surface area contributed by atoms with Crippen LogP contribution in [0.2, 0.25) is 0 Å². The lowest BCUT2D eigenvalue weighted by Gasteiger charge is -2.06. The predicted molar refractivity (Wildman–Crippen MR) is 105 cm³/mol. The van der Waals surface area contributed by atoms with Crippen molar-refractivity contribution in [1.29, 1.82) is 0 Å². The van der Waals surface area contributed by atoms with Crippen molar-refractivity contribution in [2.45, 2.75) is 0 Å². The van der Waals surface area contributed by atoms with Gasteiger partial charge in [0, 0.05) is 10.9 Å². The van der Waals surface area contributed by atoms with E-state index >= 15 is 0 Å². The Hall–Kier alpha value is -3.93. The van der Waals surface area contributed by atoms with E-state index in [-0.39, 0.29) is 11.4 Å². The molecule has 0 saturated heterocycles. The van der Waals surface area contributed by atoms with Gasteiger partial charge < -0.3 is 10.2 Å². The van der Waals surface area contributed by atoms with Crippen LogP contribution in [0, 0.1) is 0 Å². The number of amidine groups is 1. The molecule has 1 aromatic heterocycles. The first-order valence-corrected chi connectivity index (χ1v) is 8.28. The minimum atomic E-state index is -0.618. The van der Waals surface area contributed by atoms with Crippen LogP contribution in [0.3, 0.4) is 0 Å². The van der Waals surface area contributed by atoms with Crippen LogP contribution >= 0.6 is 0 Å². The van der Waals surface area contributed by atoms with E-state index < -0.39 is 11.5 Å². The number of hydrogen-bond donors (Lipinski definition) is 2. The number of hydrazone groups is 1.